The first-order valence-corrected chi connectivity index (χ1v) is 11.6. The highest BCUT2D eigenvalue weighted by Gasteiger charge is 2.21. The molecule has 1 amide bonds. The monoisotopic (exact) mass is 540 g/mol. The smallest absolute Gasteiger partial charge is 0.263 e. The summed E-state index contributed by atoms with van der Waals surface area (Å²) in [5.41, 5.74) is 2.97. The fraction of sp³-hybridized carbons (Fsp3) is 0.0952. The van der Waals surface area contributed by atoms with Crippen LogP contribution < -0.4 is 10.0 Å². The summed E-state index contributed by atoms with van der Waals surface area (Å²) in [5, 5.41) is 2.79. The molecule has 5 nitrogen and oxygen atoms in total. The van der Waals surface area contributed by atoms with Gasteiger partial charge in [-0.05, 0) is 96.1 Å². The number of nitrogens with one attached hydrogen (secondary N) is 2. The maximum absolute atomic E-state index is 12.9. The van der Waals surface area contributed by atoms with Crippen LogP contribution in [0.5, 0.6) is 0 Å². The van der Waals surface area contributed by atoms with Crippen molar-refractivity contribution in [2.75, 3.05) is 10.0 Å². The van der Waals surface area contributed by atoms with Gasteiger partial charge in [0, 0.05) is 14.8 Å². The number of carbonyl (C=O) groups excluding carboxylic acids is 1. The number of benzene rings is 3. The SMILES string of the molecule is Cc1ccc(C)c(NS(=O)(=O)c2cc(C(=O)Nc3ccc(I)cc3)ccc2Cl)c1. The molecule has 0 fully saturated rings. The lowest BCUT2D eigenvalue weighted by Gasteiger charge is -2.13. The van der Waals surface area contributed by atoms with Crippen LogP contribution in [0.1, 0.15) is 21.5 Å². The van der Waals surface area contributed by atoms with Crippen molar-refractivity contribution in [2.24, 2.45) is 0 Å². The van der Waals surface area contributed by atoms with Gasteiger partial charge in [0.05, 0.1) is 10.7 Å². The summed E-state index contributed by atoms with van der Waals surface area (Å²) in [7, 11) is -3.98. The summed E-state index contributed by atoms with van der Waals surface area (Å²) in [6.45, 7) is 3.68. The highest BCUT2D eigenvalue weighted by atomic mass is 127. The van der Waals surface area contributed by atoms with Crippen LogP contribution in [0.3, 0.4) is 0 Å². The molecule has 0 aromatic heterocycles. The van der Waals surface area contributed by atoms with Crippen molar-refractivity contribution >= 4 is 61.5 Å². The number of carbonyl (C=O) groups is 1. The topological polar surface area (TPSA) is 75.3 Å². The van der Waals surface area contributed by atoms with Gasteiger partial charge in [-0.25, -0.2) is 8.42 Å². The molecule has 29 heavy (non-hydrogen) atoms. The van der Waals surface area contributed by atoms with E-state index in [4.69, 9.17) is 11.6 Å². The molecule has 3 aromatic rings. The van der Waals surface area contributed by atoms with Gasteiger partial charge in [-0.15, -0.1) is 0 Å². The number of aryl methyl sites for hydroxylation is 2. The lowest BCUT2D eigenvalue weighted by Crippen LogP contribution is -2.17. The van der Waals surface area contributed by atoms with Crippen LogP contribution in [0.15, 0.2) is 65.6 Å². The van der Waals surface area contributed by atoms with E-state index >= 15 is 0 Å². The van der Waals surface area contributed by atoms with E-state index in [1.807, 2.05) is 38.1 Å². The fourth-order valence-corrected chi connectivity index (χ4v) is 4.64. The summed E-state index contributed by atoms with van der Waals surface area (Å²) >= 11 is 8.32. The van der Waals surface area contributed by atoms with Crippen molar-refractivity contribution in [1.29, 1.82) is 0 Å². The molecule has 3 rings (SSSR count). The third-order valence-electron chi connectivity index (χ3n) is 4.22. The number of hydrogen-bond donors (Lipinski definition) is 2. The zero-order valence-electron chi connectivity index (χ0n) is 15.7. The minimum absolute atomic E-state index is 0.0358. The Labute approximate surface area is 188 Å². The van der Waals surface area contributed by atoms with Gasteiger partial charge < -0.3 is 5.32 Å². The molecule has 3 aromatic carbocycles. The largest absolute Gasteiger partial charge is 0.322 e. The molecule has 0 saturated heterocycles. The van der Waals surface area contributed by atoms with Crippen LogP contribution in [0, 0.1) is 17.4 Å². The molecule has 150 valence electrons. The second kappa shape index (κ2) is 8.73. The maximum Gasteiger partial charge on any atom is 0.263 e. The molecule has 0 unspecified atom stereocenters. The third kappa shape index (κ3) is 5.29. The minimum atomic E-state index is -3.98. The molecular formula is C21H18ClIN2O3S. The lowest BCUT2D eigenvalue weighted by molar-refractivity contribution is 0.102. The Morgan fingerprint density at radius 1 is 0.966 bits per heavy atom. The van der Waals surface area contributed by atoms with E-state index in [9.17, 15) is 13.2 Å². The molecule has 0 bridgehead atoms. The number of halogens is 2. The zero-order chi connectivity index (χ0) is 21.2. The Kier molecular flexibility index (Phi) is 6.50. The Bertz CT molecular complexity index is 1180. The van der Waals surface area contributed by atoms with Crippen LogP contribution in [0.4, 0.5) is 11.4 Å². The molecule has 0 aliphatic heterocycles. The molecule has 0 saturated carbocycles. The third-order valence-corrected chi connectivity index (χ3v) is 6.79. The van der Waals surface area contributed by atoms with E-state index in [1.54, 1.807) is 18.2 Å². The first-order valence-electron chi connectivity index (χ1n) is 8.62. The molecule has 0 atom stereocenters. The van der Waals surface area contributed by atoms with Gasteiger partial charge >= 0.3 is 0 Å². The quantitative estimate of drug-likeness (QED) is 0.413. The zero-order valence-corrected chi connectivity index (χ0v) is 19.4. The molecule has 0 aliphatic rings. The summed E-state index contributed by atoms with van der Waals surface area (Å²) in [6, 6.07) is 16.9. The highest BCUT2D eigenvalue weighted by Crippen LogP contribution is 2.27. The van der Waals surface area contributed by atoms with Gasteiger partial charge in [0.1, 0.15) is 4.90 Å². The van der Waals surface area contributed by atoms with Crippen molar-refractivity contribution in [3.05, 3.63) is 85.9 Å². The second-order valence-corrected chi connectivity index (χ2v) is 9.83. The molecule has 2 N–H and O–H groups in total. The standard InChI is InChI=1S/C21H18ClIN2O3S/c1-13-3-4-14(2)19(11-13)25-29(27,28)20-12-15(5-10-18(20)22)21(26)24-17-8-6-16(23)7-9-17/h3-12,25H,1-2H3,(H,24,26). The summed E-state index contributed by atoms with van der Waals surface area (Å²) in [6.07, 6.45) is 0. The summed E-state index contributed by atoms with van der Waals surface area (Å²) in [5.74, 6) is -0.425. The van der Waals surface area contributed by atoms with Gasteiger partial charge in [0.25, 0.3) is 15.9 Å². The van der Waals surface area contributed by atoms with Crippen LogP contribution >= 0.6 is 34.2 Å². The van der Waals surface area contributed by atoms with E-state index < -0.39 is 15.9 Å². The average molecular weight is 541 g/mol. The van der Waals surface area contributed by atoms with E-state index in [0.29, 0.717) is 11.4 Å². The minimum Gasteiger partial charge on any atom is -0.322 e. The fourth-order valence-electron chi connectivity index (χ4n) is 2.63. The van der Waals surface area contributed by atoms with Crippen molar-refractivity contribution in [2.45, 2.75) is 18.7 Å². The van der Waals surface area contributed by atoms with E-state index in [0.717, 1.165) is 14.7 Å². The molecule has 0 radical (unpaired) electrons. The predicted molar refractivity (Wildman–Crippen MR) is 125 cm³/mol. The van der Waals surface area contributed by atoms with Crippen molar-refractivity contribution in [3.8, 4) is 0 Å². The number of sulfonamides is 1. The molecular weight excluding hydrogens is 523 g/mol. The first kappa shape index (κ1) is 21.6. The van der Waals surface area contributed by atoms with E-state index in [2.05, 4.69) is 32.6 Å². The van der Waals surface area contributed by atoms with Gasteiger partial charge in [-0.1, -0.05) is 23.7 Å². The number of hydrogen-bond acceptors (Lipinski definition) is 3. The van der Waals surface area contributed by atoms with Crippen LogP contribution in [-0.4, -0.2) is 14.3 Å². The van der Waals surface area contributed by atoms with Crippen molar-refractivity contribution in [3.63, 3.8) is 0 Å². The van der Waals surface area contributed by atoms with E-state index in [1.165, 1.54) is 18.2 Å². The Morgan fingerprint density at radius 2 is 1.66 bits per heavy atom. The van der Waals surface area contributed by atoms with Crippen molar-refractivity contribution < 1.29 is 13.2 Å². The van der Waals surface area contributed by atoms with Crippen LogP contribution in [0.2, 0.25) is 5.02 Å². The molecule has 0 spiro atoms. The second-order valence-electron chi connectivity index (χ2n) is 6.53. The van der Waals surface area contributed by atoms with Gasteiger partial charge in [-0.3, -0.25) is 9.52 Å². The summed E-state index contributed by atoms with van der Waals surface area (Å²) < 4.78 is 29.5. The highest BCUT2D eigenvalue weighted by molar-refractivity contribution is 14.1. The number of rotatable bonds is 5. The number of amides is 1. The van der Waals surface area contributed by atoms with Crippen LogP contribution in [0.25, 0.3) is 0 Å². The van der Waals surface area contributed by atoms with Gasteiger partial charge in [-0.2, -0.15) is 0 Å². The van der Waals surface area contributed by atoms with Crippen LogP contribution in [-0.2, 0) is 10.0 Å². The van der Waals surface area contributed by atoms with Crippen molar-refractivity contribution in [1.82, 2.24) is 0 Å². The molecule has 0 aliphatic carbocycles. The maximum atomic E-state index is 12.9. The first-order chi connectivity index (χ1) is 13.7. The average Bonchev–Trinajstić information content (AvgIpc) is 2.66. The lowest BCUT2D eigenvalue weighted by atomic mass is 10.1. The van der Waals surface area contributed by atoms with Gasteiger partial charge in [0.15, 0.2) is 0 Å². The predicted octanol–water partition coefficient (Wildman–Crippen LogP) is 5.61. The van der Waals surface area contributed by atoms with Gasteiger partial charge in [0.2, 0.25) is 0 Å². The Balaban J connectivity index is 1.90. The van der Waals surface area contributed by atoms with E-state index in [-0.39, 0.29) is 15.5 Å². The summed E-state index contributed by atoms with van der Waals surface area (Å²) in [4.78, 5) is 12.4. The molecule has 0 heterocycles. The number of anilines is 2. The Hall–Kier alpha value is -2.10. The Morgan fingerprint density at radius 3 is 2.34 bits per heavy atom. The normalized spacial score (nSPS) is 11.2. The molecule has 8 heteroatoms.